The van der Waals surface area contributed by atoms with Crippen molar-refractivity contribution in [3.05, 3.63) is 48.0 Å². The number of piperidine rings is 1. The van der Waals surface area contributed by atoms with Crippen LogP contribution in [0.4, 0.5) is 0 Å². The molecule has 1 aliphatic heterocycles. The first kappa shape index (κ1) is 18.5. The number of hydrogen-bond donors (Lipinski definition) is 0. The van der Waals surface area contributed by atoms with Crippen molar-refractivity contribution >= 4 is 5.91 Å². The fraction of sp³-hybridized carbons (Fsp3) is 0.524. The van der Waals surface area contributed by atoms with Crippen molar-refractivity contribution in [1.29, 1.82) is 0 Å². The number of hydrogen-bond acceptors (Lipinski definition) is 3. The van der Waals surface area contributed by atoms with E-state index in [0.717, 1.165) is 43.1 Å². The smallest absolute Gasteiger partial charge is 0.222 e. The van der Waals surface area contributed by atoms with Crippen molar-refractivity contribution in [2.75, 3.05) is 20.2 Å². The van der Waals surface area contributed by atoms with E-state index in [4.69, 9.17) is 4.74 Å². The van der Waals surface area contributed by atoms with Crippen LogP contribution in [0.2, 0.25) is 0 Å². The molecule has 1 atom stereocenters. The van der Waals surface area contributed by atoms with Crippen LogP contribution < -0.4 is 4.74 Å². The number of aromatic nitrogens is 2. The van der Waals surface area contributed by atoms with Gasteiger partial charge in [0.05, 0.1) is 7.11 Å². The zero-order valence-corrected chi connectivity index (χ0v) is 16.0. The molecule has 1 aliphatic rings. The van der Waals surface area contributed by atoms with Crippen LogP contribution in [0.1, 0.15) is 56.5 Å². The van der Waals surface area contributed by atoms with Crippen molar-refractivity contribution < 1.29 is 9.53 Å². The van der Waals surface area contributed by atoms with Gasteiger partial charge in [0.2, 0.25) is 5.91 Å². The zero-order chi connectivity index (χ0) is 18.5. The summed E-state index contributed by atoms with van der Waals surface area (Å²) < 4.78 is 7.62. The zero-order valence-electron chi connectivity index (χ0n) is 16.0. The Labute approximate surface area is 156 Å². The first-order valence-corrected chi connectivity index (χ1v) is 9.52. The first-order chi connectivity index (χ1) is 12.6. The predicted molar refractivity (Wildman–Crippen MR) is 102 cm³/mol. The van der Waals surface area contributed by atoms with E-state index >= 15 is 0 Å². The molecular weight excluding hydrogens is 326 g/mol. The van der Waals surface area contributed by atoms with Crippen LogP contribution in [0, 0.1) is 0 Å². The summed E-state index contributed by atoms with van der Waals surface area (Å²) in [7, 11) is 1.67. The molecule has 0 spiro atoms. The molecule has 2 heterocycles. The van der Waals surface area contributed by atoms with Crippen LogP contribution in [0.15, 0.2) is 36.7 Å². The van der Waals surface area contributed by atoms with Crippen LogP contribution in [0.25, 0.3) is 0 Å². The van der Waals surface area contributed by atoms with Gasteiger partial charge in [0, 0.05) is 43.9 Å². The standard InChI is InChI=1S/C21H29N3O2/c1-16(2)24-14-12-22-21(24)18-8-6-13-23(15-18)20(25)11-10-17-7-4-5-9-19(17)26-3/h4-5,7,9,12,14,16,18H,6,8,10-11,13,15H2,1-3H3/t18-/m0/s1. The molecule has 1 saturated heterocycles. The van der Waals surface area contributed by atoms with Crippen molar-refractivity contribution in [3.8, 4) is 5.75 Å². The number of methoxy groups -OCH3 is 1. The van der Waals surface area contributed by atoms with Gasteiger partial charge < -0.3 is 14.2 Å². The number of rotatable bonds is 6. The Morgan fingerprint density at radius 1 is 1.35 bits per heavy atom. The van der Waals surface area contributed by atoms with Gasteiger partial charge in [-0.1, -0.05) is 18.2 Å². The number of benzene rings is 1. The Balaban J connectivity index is 1.62. The summed E-state index contributed by atoms with van der Waals surface area (Å²) in [4.78, 5) is 19.4. The van der Waals surface area contributed by atoms with Crippen molar-refractivity contribution in [2.45, 2.75) is 51.5 Å². The number of carbonyl (C=O) groups excluding carboxylic acids is 1. The highest BCUT2D eigenvalue weighted by molar-refractivity contribution is 5.76. The summed E-state index contributed by atoms with van der Waals surface area (Å²) in [6.07, 6.45) is 7.28. The molecule has 0 aliphatic carbocycles. The molecule has 0 saturated carbocycles. The maximum Gasteiger partial charge on any atom is 0.222 e. The molecule has 5 nitrogen and oxygen atoms in total. The second-order valence-corrected chi connectivity index (χ2v) is 7.28. The van der Waals surface area contributed by atoms with Gasteiger partial charge in [-0.3, -0.25) is 4.79 Å². The van der Waals surface area contributed by atoms with Gasteiger partial charge in [-0.15, -0.1) is 0 Å². The molecule has 1 fully saturated rings. The van der Waals surface area contributed by atoms with E-state index in [2.05, 4.69) is 23.4 Å². The summed E-state index contributed by atoms with van der Waals surface area (Å²) in [5.41, 5.74) is 1.09. The fourth-order valence-electron chi connectivity index (χ4n) is 3.80. The van der Waals surface area contributed by atoms with Gasteiger partial charge in [0.15, 0.2) is 0 Å². The minimum absolute atomic E-state index is 0.225. The largest absolute Gasteiger partial charge is 0.496 e. The third-order valence-corrected chi connectivity index (χ3v) is 5.19. The maximum atomic E-state index is 12.8. The van der Waals surface area contributed by atoms with Crippen molar-refractivity contribution in [2.24, 2.45) is 0 Å². The van der Waals surface area contributed by atoms with Gasteiger partial charge in [-0.05, 0) is 44.7 Å². The molecule has 1 aromatic heterocycles. The lowest BCUT2D eigenvalue weighted by Crippen LogP contribution is -2.40. The Kier molecular flexibility index (Phi) is 5.96. The van der Waals surface area contributed by atoms with E-state index in [1.807, 2.05) is 41.6 Å². The molecule has 1 aromatic carbocycles. The molecule has 0 bridgehead atoms. The summed E-state index contributed by atoms with van der Waals surface area (Å²) in [5, 5.41) is 0. The van der Waals surface area contributed by atoms with Gasteiger partial charge in [-0.2, -0.15) is 0 Å². The highest BCUT2D eigenvalue weighted by Gasteiger charge is 2.27. The van der Waals surface area contributed by atoms with Crippen LogP contribution in [-0.4, -0.2) is 40.6 Å². The average molecular weight is 355 g/mol. The monoisotopic (exact) mass is 355 g/mol. The van der Waals surface area contributed by atoms with E-state index in [1.165, 1.54) is 0 Å². The van der Waals surface area contributed by atoms with Crippen LogP contribution in [-0.2, 0) is 11.2 Å². The molecule has 1 amide bonds. The number of likely N-dealkylation sites (tertiary alicyclic amines) is 1. The van der Waals surface area contributed by atoms with Crippen molar-refractivity contribution in [3.63, 3.8) is 0 Å². The summed E-state index contributed by atoms with van der Waals surface area (Å²) in [6, 6.07) is 8.32. The van der Waals surface area contributed by atoms with E-state index in [9.17, 15) is 4.79 Å². The van der Waals surface area contributed by atoms with Gasteiger partial charge in [0.1, 0.15) is 11.6 Å². The normalized spacial score (nSPS) is 17.5. The number of nitrogens with zero attached hydrogens (tertiary/aromatic N) is 3. The lowest BCUT2D eigenvalue weighted by Gasteiger charge is -2.33. The minimum atomic E-state index is 0.225. The number of para-hydroxylation sites is 1. The average Bonchev–Trinajstić information content (AvgIpc) is 3.16. The third-order valence-electron chi connectivity index (χ3n) is 5.19. The Morgan fingerprint density at radius 2 is 2.15 bits per heavy atom. The summed E-state index contributed by atoms with van der Waals surface area (Å²) in [5.74, 6) is 2.53. The maximum absolute atomic E-state index is 12.8. The van der Waals surface area contributed by atoms with E-state index in [-0.39, 0.29) is 5.91 Å². The number of ether oxygens (including phenoxy) is 1. The second kappa shape index (κ2) is 8.39. The third kappa shape index (κ3) is 4.09. The van der Waals surface area contributed by atoms with Crippen LogP contribution in [0.3, 0.4) is 0 Å². The Hall–Kier alpha value is -2.30. The highest BCUT2D eigenvalue weighted by atomic mass is 16.5. The number of aryl methyl sites for hydroxylation is 1. The molecule has 140 valence electrons. The molecular formula is C21H29N3O2. The Morgan fingerprint density at radius 3 is 2.92 bits per heavy atom. The van der Waals surface area contributed by atoms with Gasteiger partial charge in [0.25, 0.3) is 0 Å². The Bertz CT molecular complexity index is 738. The molecule has 0 N–H and O–H groups in total. The number of carbonyl (C=O) groups is 1. The lowest BCUT2D eigenvalue weighted by molar-refractivity contribution is -0.132. The second-order valence-electron chi connectivity index (χ2n) is 7.28. The van der Waals surface area contributed by atoms with Crippen LogP contribution >= 0.6 is 0 Å². The molecule has 0 radical (unpaired) electrons. The summed E-state index contributed by atoms with van der Waals surface area (Å²) >= 11 is 0. The van der Waals surface area contributed by atoms with Crippen LogP contribution in [0.5, 0.6) is 5.75 Å². The predicted octanol–water partition coefficient (Wildman–Crippen LogP) is 3.81. The molecule has 0 unspecified atom stereocenters. The SMILES string of the molecule is COc1ccccc1CCC(=O)N1CCC[C@H](c2nccn2C(C)C)C1. The minimum Gasteiger partial charge on any atom is -0.496 e. The van der Waals surface area contributed by atoms with E-state index in [0.29, 0.717) is 24.8 Å². The van der Waals surface area contributed by atoms with Gasteiger partial charge in [-0.25, -0.2) is 4.98 Å². The van der Waals surface area contributed by atoms with E-state index < -0.39 is 0 Å². The quantitative estimate of drug-likeness (QED) is 0.791. The number of amides is 1. The van der Waals surface area contributed by atoms with E-state index in [1.54, 1.807) is 7.11 Å². The highest BCUT2D eigenvalue weighted by Crippen LogP contribution is 2.28. The van der Waals surface area contributed by atoms with Crippen molar-refractivity contribution in [1.82, 2.24) is 14.5 Å². The molecule has 26 heavy (non-hydrogen) atoms. The molecule has 2 aromatic rings. The topological polar surface area (TPSA) is 47.4 Å². The summed E-state index contributed by atoms with van der Waals surface area (Å²) in [6.45, 7) is 5.96. The fourth-order valence-corrected chi connectivity index (χ4v) is 3.80. The first-order valence-electron chi connectivity index (χ1n) is 9.52. The number of imidazole rings is 1. The lowest BCUT2D eigenvalue weighted by atomic mass is 9.96. The molecule has 3 rings (SSSR count). The molecule has 5 heteroatoms. The van der Waals surface area contributed by atoms with Gasteiger partial charge >= 0.3 is 0 Å².